The molecule has 0 aliphatic carbocycles. The Morgan fingerprint density at radius 1 is 1.32 bits per heavy atom. The molecule has 0 amide bonds. The van der Waals surface area contributed by atoms with Crippen LogP contribution in [0.15, 0.2) is 46.2 Å². The maximum absolute atomic E-state index is 12.3. The van der Waals surface area contributed by atoms with E-state index in [1.54, 1.807) is 12.1 Å². The number of hydrogen-bond donors (Lipinski definition) is 1. The van der Waals surface area contributed by atoms with E-state index < -0.39 is 10.0 Å². The summed E-state index contributed by atoms with van der Waals surface area (Å²) in [4.78, 5) is 7.68. The molecule has 0 bridgehead atoms. The SMILES string of the molecule is COc1ccc(Br)cc1S(=O)(=O)Nc1cnccn1. The van der Waals surface area contributed by atoms with Crippen LogP contribution in [-0.4, -0.2) is 25.5 Å². The van der Waals surface area contributed by atoms with Crippen molar-refractivity contribution in [3.05, 3.63) is 41.3 Å². The van der Waals surface area contributed by atoms with Gasteiger partial charge in [-0.1, -0.05) is 15.9 Å². The van der Waals surface area contributed by atoms with E-state index in [0.29, 0.717) is 4.47 Å². The Balaban J connectivity index is 2.42. The average Bonchev–Trinajstić information content (AvgIpc) is 2.39. The van der Waals surface area contributed by atoms with E-state index in [4.69, 9.17) is 4.74 Å². The van der Waals surface area contributed by atoms with Crippen LogP contribution >= 0.6 is 15.9 Å². The summed E-state index contributed by atoms with van der Waals surface area (Å²) in [5.74, 6) is 0.393. The van der Waals surface area contributed by atoms with Crippen molar-refractivity contribution in [1.29, 1.82) is 0 Å². The monoisotopic (exact) mass is 343 g/mol. The number of halogens is 1. The van der Waals surface area contributed by atoms with Crippen molar-refractivity contribution >= 4 is 31.8 Å². The predicted molar refractivity (Wildman–Crippen MR) is 73.5 cm³/mol. The Morgan fingerprint density at radius 3 is 2.74 bits per heavy atom. The van der Waals surface area contributed by atoms with Crippen LogP contribution in [0.5, 0.6) is 5.75 Å². The maximum Gasteiger partial charge on any atom is 0.266 e. The van der Waals surface area contributed by atoms with E-state index in [1.165, 1.54) is 31.8 Å². The van der Waals surface area contributed by atoms with Crippen molar-refractivity contribution in [2.75, 3.05) is 11.8 Å². The number of nitrogens with zero attached hydrogens (tertiary/aromatic N) is 2. The van der Waals surface area contributed by atoms with Gasteiger partial charge in [0.25, 0.3) is 10.0 Å². The summed E-state index contributed by atoms with van der Waals surface area (Å²) in [5.41, 5.74) is 0. The van der Waals surface area contributed by atoms with Crippen LogP contribution in [0.1, 0.15) is 0 Å². The molecule has 1 N–H and O–H groups in total. The number of methoxy groups -OCH3 is 1. The molecule has 1 aromatic heterocycles. The Hall–Kier alpha value is -1.67. The third-order valence-corrected chi connectivity index (χ3v) is 4.09. The summed E-state index contributed by atoms with van der Waals surface area (Å²) in [6, 6.07) is 4.72. The van der Waals surface area contributed by atoms with Gasteiger partial charge in [0.2, 0.25) is 0 Å². The second-order valence-corrected chi connectivity index (χ2v) is 6.06. The van der Waals surface area contributed by atoms with Gasteiger partial charge in [0, 0.05) is 16.9 Å². The van der Waals surface area contributed by atoms with Gasteiger partial charge in [0.05, 0.1) is 13.3 Å². The van der Waals surface area contributed by atoms with E-state index in [9.17, 15) is 8.42 Å². The van der Waals surface area contributed by atoms with Crippen LogP contribution in [0.4, 0.5) is 5.82 Å². The molecule has 0 fully saturated rings. The molecule has 6 nitrogen and oxygen atoms in total. The Kier molecular flexibility index (Phi) is 4.01. The maximum atomic E-state index is 12.3. The van der Waals surface area contributed by atoms with Crippen molar-refractivity contribution < 1.29 is 13.2 Å². The smallest absolute Gasteiger partial charge is 0.266 e. The summed E-state index contributed by atoms with van der Waals surface area (Å²) in [6.45, 7) is 0. The number of hydrogen-bond acceptors (Lipinski definition) is 5. The Bertz CT molecular complexity index is 677. The van der Waals surface area contributed by atoms with E-state index in [-0.39, 0.29) is 16.5 Å². The summed E-state index contributed by atoms with van der Waals surface area (Å²) < 4.78 is 32.5. The Labute approximate surface area is 119 Å². The first-order valence-corrected chi connectivity index (χ1v) is 7.43. The minimum atomic E-state index is -3.79. The van der Waals surface area contributed by atoms with Gasteiger partial charge in [-0.3, -0.25) is 9.71 Å². The van der Waals surface area contributed by atoms with Gasteiger partial charge in [-0.05, 0) is 18.2 Å². The van der Waals surface area contributed by atoms with Crippen LogP contribution < -0.4 is 9.46 Å². The molecular weight excluding hydrogens is 334 g/mol. The lowest BCUT2D eigenvalue weighted by atomic mass is 10.3. The van der Waals surface area contributed by atoms with Gasteiger partial charge < -0.3 is 4.74 Å². The molecule has 0 saturated heterocycles. The number of ether oxygens (including phenoxy) is 1. The zero-order valence-electron chi connectivity index (χ0n) is 9.87. The fraction of sp³-hybridized carbons (Fsp3) is 0.0909. The molecular formula is C11H10BrN3O3S. The van der Waals surface area contributed by atoms with E-state index in [1.807, 2.05) is 0 Å². The van der Waals surface area contributed by atoms with Crippen molar-refractivity contribution in [3.8, 4) is 5.75 Å². The fourth-order valence-electron chi connectivity index (χ4n) is 1.40. The molecule has 2 aromatic rings. The highest BCUT2D eigenvalue weighted by atomic mass is 79.9. The Morgan fingerprint density at radius 2 is 2.11 bits per heavy atom. The van der Waals surface area contributed by atoms with Gasteiger partial charge in [-0.15, -0.1) is 0 Å². The minimum absolute atomic E-state index is 0.0232. The standard InChI is InChI=1S/C11H10BrN3O3S/c1-18-9-3-2-8(12)6-10(9)19(16,17)15-11-7-13-4-5-14-11/h2-7H,1H3,(H,14,15). The van der Waals surface area contributed by atoms with Gasteiger partial charge in [-0.25, -0.2) is 13.4 Å². The normalized spacial score (nSPS) is 11.1. The summed E-state index contributed by atoms with van der Waals surface area (Å²) in [5, 5.41) is 0. The highest BCUT2D eigenvalue weighted by molar-refractivity contribution is 9.10. The lowest BCUT2D eigenvalue weighted by Crippen LogP contribution is -2.15. The molecule has 1 heterocycles. The second kappa shape index (κ2) is 5.54. The van der Waals surface area contributed by atoms with Crippen molar-refractivity contribution in [1.82, 2.24) is 9.97 Å². The first kappa shape index (κ1) is 13.8. The summed E-state index contributed by atoms with van der Waals surface area (Å²) in [6.07, 6.45) is 4.18. The quantitative estimate of drug-likeness (QED) is 0.918. The molecule has 0 atom stereocenters. The molecule has 1 aromatic carbocycles. The highest BCUT2D eigenvalue weighted by Crippen LogP contribution is 2.28. The lowest BCUT2D eigenvalue weighted by Gasteiger charge is -2.11. The van der Waals surface area contributed by atoms with Gasteiger partial charge in [0.1, 0.15) is 10.6 Å². The predicted octanol–water partition coefficient (Wildman–Crippen LogP) is 2.05. The zero-order chi connectivity index (χ0) is 13.9. The molecule has 0 saturated carbocycles. The van der Waals surface area contributed by atoms with Gasteiger partial charge >= 0.3 is 0 Å². The topological polar surface area (TPSA) is 81.2 Å². The molecule has 0 radical (unpaired) electrons. The fourth-order valence-corrected chi connectivity index (χ4v) is 3.11. The van der Waals surface area contributed by atoms with Crippen LogP contribution in [0.2, 0.25) is 0 Å². The zero-order valence-corrected chi connectivity index (χ0v) is 12.3. The minimum Gasteiger partial charge on any atom is -0.495 e. The molecule has 100 valence electrons. The van der Waals surface area contributed by atoms with Crippen molar-refractivity contribution in [2.24, 2.45) is 0 Å². The van der Waals surface area contributed by atoms with E-state index in [0.717, 1.165) is 0 Å². The first-order valence-electron chi connectivity index (χ1n) is 5.15. The molecule has 8 heteroatoms. The number of sulfonamides is 1. The number of nitrogens with one attached hydrogen (secondary N) is 1. The number of aromatic nitrogens is 2. The number of anilines is 1. The van der Waals surface area contributed by atoms with Gasteiger partial charge in [-0.2, -0.15) is 0 Å². The van der Waals surface area contributed by atoms with E-state index >= 15 is 0 Å². The lowest BCUT2D eigenvalue weighted by molar-refractivity contribution is 0.403. The highest BCUT2D eigenvalue weighted by Gasteiger charge is 2.20. The largest absolute Gasteiger partial charge is 0.495 e. The third-order valence-electron chi connectivity index (χ3n) is 2.22. The van der Waals surface area contributed by atoms with Crippen LogP contribution in [0, 0.1) is 0 Å². The number of rotatable bonds is 4. The van der Waals surface area contributed by atoms with Crippen LogP contribution in [-0.2, 0) is 10.0 Å². The van der Waals surface area contributed by atoms with E-state index in [2.05, 4.69) is 30.6 Å². The second-order valence-electron chi connectivity index (χ2n) is 3.49. The molecule has 0 aliphatic rings. The van der Waals surface area contributed by atoms with Crippen LogP contribution in [0.25, 0.3) is 0 Å². The molecule has 0 spiro atoms. The first-order chi connectivity index (χ1) is 9.03. The number of benzene rings is 1. The third kappa shape index (κ3) is 3.21. The summed E-state index contributed by atoms with van der Waals surface area (Å²) in [7, 11) is -2.38. The molecule has 2 rings (SSSR count). The summed E-state index contributed by atoms with van der Waals surface area (Å²) >= 11 is 3.23. The molecule has 0 aliphatic heterocycles. The molecule has 19 heavy (non-hydrogen) atoms. The van der Waals surface area contributed by atoms with Crippen molar-refractivity contribution in [2.45, 2.75) is 4.90 Å². The van der Waals surface area contributed by atoms with Crippen molar-refractivity contribution in [3.63, 3.8) is 0 Å². The average molecular weight is 344 g/mol. The molecule has 0 unspecified atom stereocenters. The van der Waals surface area contributed by atoms with Crippen LogP contribution in [0.3, 0.4) is 0 Å². The van der Waals surface area contributed by atoms with Gasteiger partial charge in [0.15, 0.2) is 5.82 Å².